The summed E-state index contributed by atoms with van der Waals surface area (Å²) in [5, 5.41) is 4.82. The molecule has 0 saturated heterocycles. The van der Waals surface area contributed by atoms with Gasteiger partial charge in [-0.3, -0.25) is 4.98 Å². The Bertz CT molecular complexity index is 534. The third-order valence-corrected chi connectivity index (χ3v) is 3.60. The van der Waals surface area contributed by atoms with Crippen molar-refractivity contribution >= 4 is 10.9 Å². The summed E-state index contributed by atoms with van der Waals surface area (Å²) >= 11 is 0. The molecule has 102 valence electrons. The van der Waals surface area contributed by atoms with Crippen molar-refractivity contribution in [3.63, 3.8) is 0 Å². The Morgan fingerprint density at radius 3 is 2.74 bits per heavy atom. The maximum Gasteiger partial charge on any atom is 0.0708 e. The molecule has 0 saturated carbocycles. The van der Waals surface area contributed by atoms with Crippen molar-refractivity contribution < 1.29 is 0 Å². The lowest BCUT2D eigenvalue weighted by Gasteiger charge is -2.18. The second kappa shape index (κ2) is 6.67. The first-order chi connectivity index (χ1) is 9.26. The maximum atomic E-state index is 4.85. The second-order valence-corrected chi connectivity index (χ2v) is 5.13. The van der Waals surface area contributed by atoms with E-state index in [1.807, 2.05) is 0 Å². The van der Waals surface area contributed by atoms with Crippen molar-refractivity contribution in [3.05, 3.63) is 41.6 Å². The van der Waals surface area contributed by atoms with E-state index in [-0.39, 0.29) is 0 Å². The van der Waals surface area contributed by atoms with Crippen LogP contribution in [-0.2, 0) is 0 Å². The van der Waals surface area contributed by atoms with Crippen LogP contribution in [-0.4, -0.2) is 11.5 Å². The fourth-order valence-electron chi connectivity index (χ4n) is 2.56. The number of aryl methyl sites for hydroxylation is 1. The van der Waals surface area contributed by atoms with Crippen LogP contribution in [0.3, 0.4) is 0 Å². The largest absolute Gasteiger partial charge is 0.309 e. The van der Waals surface area contributed by atoms with Gasteiger partial charge in [-0.25, -0.2) is 0 Å². The highest BCUT2D eigenvalue weighted by Gasteiger charge is 2.13. The van der Waals surface area contributed by atoms with E-state index in [1.165, 1.54) is 29.5 Å². The molecular formula is C17H24N2. The molecule has 1 aromatic heterocycles. The molecule has 0 aliphatic carbocycles. The standard InChI is InChI=1S/C17H24N2/c1-4-6-10-16(18-5-2)17-12-13(3)14-9-7-8-11-15(14)19-17/h7-9,11-12,16,18H,4-6,10H2,1-3H3. The fourth-order valence-corrected chi connectivity index (χ4v) is 2.56. The number of benzene rings is 1. The lowest BCUT2D eigenvalue weighted by atomic mass is 10.0. The fraction of sp³-hybridized carbons (Fsp3) is 0.471. The van der Waals surface area contributed by atoms with Gasteiger partial charge in [0.15, 0.2) is 0 Å². The number of nitrogens with zero attached hydrogens (tertiary/aromatic N) is 1. The van der Waals surface area contributed by atoms with Crippen LogP contribution in [0.5, 0.6) is 0 Å². The molecule has 0 aliphatic heterocycles. The van der Waals surface area contributed by atoms with Crippen LogP contribution in [0, 0.1) is 6.92 Å². The lowest BCUT2D eigenvalue weighted by molar-refractivity contribution is 0.485. The van der Waals surface area contributed by atoms with E-state index in [9.17, 15) is 0 Å². The first-order valence-corrected chi connectivity index (χ1v) is 7.36. The second-order valence-electron chi connectivity index (χ2n) is 5.13. The van der Waals surface area contributed by atoms with Crippen LogP contribution >= 0.6 is 0 Å². The molecule has 2 rings (SSSR count). The number of hydrogen-bond donors (Lipinski definition) is 1. The molecule has 0 amide bonds. The summed E-state index contributed by atoms with van der Waals surface area (Å²) < 4.78 is 0. The molecule has 19 heavy (non-hydrogen) atoms. The van der Waals surface area contributed by atoms with Gasteiger partial charge < -0.3 is 5.32 Å². The number of nitrogens with one attached hydrogen (secondary N) is 1. The maximum absolute atomic E-state index is 4.85. The van der Waals surface area contributed by atoms with Gasteiger partial charge >= 0.3 is 0 Å². The molecule has 1 heterocycles. The van der Waals surface area contributed by atoms with Gasteiger partial charge in [-0.2, -0.15) is 0 Å². The van der Waals surface area contributed by atoms with Crippen LogP contribution in [0.4, 0.5) is 0 Å². The van der Waals surface area contributed by atoms with Crippen molar-refractivity contribution in [2.75, 3.05) is 6.54 Å². The van der Waals surface area contributed by atoms with Crippen LogP contribution in [0.2, 0.25) is 0 Å². The number of fused-ring (bicyclic) bond motifs is 1. The van der Waals surface area contributed by atoms with Crippen molar-refractivity contribution in [3.8, 4) is 0 Å². The average Bonchev–Trinajstić information content (AvgIpc) is 2.43. The predicted octanol–water partition coefficient (Wildman–Crippen LogP) is 4.38. The Balaban J connectivity index is 2.36. The quantitative estimate of drug-likeness (QED) is 0.829. The van der Waals surface area contributed by atoms with Gasteiger partial charge in [0.05, 0.1) is 11.2 Å². The SMILES string of the molecule is CCCCC(NCC)c1cc(C)c2ccccc2n1. The summed E-state index contributed by atoms with van der Waals surface area (Å²) in [4.78, 5) is 4.85. The Labute approximate surface area is 116 Å². The summed E-state index contributed by atoms with van der Waals surface area (Å²) in [5.74, 6) is 0. The zero-order valence-electron chi connectivity index (χ0n) is 12.2. The predicted molar refractivity (Wildman–Crippen MR) is 82.4 cm³/mol. The molecule has 1 atom stereocenters. The molecule has 1 N–H and O–H groups in total. The first kappa shape index (κ1) is 14.0. The first-order valence-electron chi connectivity index (χ1n) is 7.36. The van der Waals surface area contributed by atoms with E-state index in [0.29, 0.717) is 6.04 Å². The Morgan fingerprint density at radius 2 is 2.00 bits per heavy atom. The summed E-state index contributed by atoms with van der Waals surface area (Å²) in [6, 6.07) is 11.0. The van der Waals surface area contributed by atoms with Crippen LogP contribution < -0.4 is 5.32 Å². The van der Waals surface area contributed by atoms with Crippen molar-refractivity contribution in [1.82, 2.24) is 10.3 Å². The minimum atomic E-state index is 0.383. The molecule has 2 heteroatoms. The molecule has 0 bridgehead atoms. The van der Waals surface area contributed by atoms with E-state index < -0.39 is 0 Å². The summed E-state index contributed by atoms with van der Waals surface area (Å²) in [6.07, 6.45) is 3.63. The number of unbranched alkanes of at least 4 members (excludes halogenated alkanes) is 1. The van der Waals surface area contributed by atoms with Gasteiger partial charge in [-0.1, -0.05) is 44.9 Å². The van der Waals surface area contributed by atoms with E-state index >= 15 is 0 Å². The van der Waals surface area contributed by atoms with Gasteiger partial charge in [-0.05, 0) is 37.6 Å². The molecule has 0 spiro atoms. The Hall–Kier alpha value is -1.41. The summed E-state index contributed by atoms with van der Waals surface area (Å²) in [6.45, 7) is 7.56. The van der Waals surface area contributed by atoms with Crippen LogP contribution in [0.25, 0.3) is 10.9 Å². The lowest BCUT2D eigenvalue weighted by Crippen LogP contribution is -2.22. The van der Waals surface area contributed by atoms with Crippen molar-refractivity contribution in [2.45, 2.75) is 46.1 Å². The van der Waals surface area contributed by atoms with Gasteiger partial charge in [0.2, 0.25) is 0 Å². The minimum Gasteiger partial charge on any atom is -0.309 e. The number of para-hydroxylation sites is 1. The van der Waals surface area contributed by atoms with Gasteiger partial charge in [-0.15, -0.1) is 0 Å². The van der Waals surface area contributed by atoms with E-state index in [4.69, 9.17) is 4.98 Å². The van der Waals surface area contributed by atoms with Gasteiger partial charge in [0.1, 0.15) is 0 Å². The van der Waals surface area contributed by atoms with Crippen LogP contribution in [0.1, 0.15) is 50.4 Å². The molecular weight excluding hydrogens is 232 g/mol. The highest BCUT2D eigenvalue weighted by molar-refractivity contribution is 5.82. The van der Waals surface area contributed by atoms with Crippen molar-refractivity contribution in [1.29, 1.82) is 0 Å². The average molecular weight is 256 g/mol. The molecule has 0 fully saturated rings. The normalized spacial score (nSPS) is 12.8. The number of rotatable bonds is 6. The molecule has 0 radical (unpaired) electrons. The van der Waals surface area contributed by atoms with E-state index in [0.717, 1.165) is 18.5 Å². The van der Waals surface area contributed by atoms with Crippen LogP contribution in [0.15, 0.2) is 30.3 Å². The van der Waals surface area contributed by atoms with E-state index in [1.54, 1.807) is 0 Å². The number of pyridine rings is 1. The van der Waals surface area contributed by atoms with E-state index in [2.05, 4.69) is 56.4 Å². The third kappa shape index (κ3) is 3.32. The highest BCUT2D eigenvalue weighted by atomic mass is 14.9. The van der Waals surface area contributed by atoms with Gasteiger partial charge in [0, 0.05) is 11.4 Å². The summed E-state index contributed by atoms with van der Waals surface area (Å²) in [5.41, 5.74) is 3.61. The van der Waals surface area contributed by atoms with Crippen molar-refractivity contribution in [2.24, 2.45) is 0 Å². The number of aromatic nitrogens is 1. The molecule has 2 nitrogen and oxygen atoms in total. The Morgan fingerprint density at radius 1 is 1.21 bits per heavy atom. The zero-order chi connectivity index (χ0) is 13.7. The topological polar surface area (TPSA) is 24.9 Å². The highest BCUT2D eigenvalue weighted by Crippen LogP contribution is 2.23. The molecule has 1 unspecified atom stereocenters. The summed E-state index contributed by atoms with van der Waals surface area (Å²) in [7, 11) is 0. The monoisotopic (exact) mass is 256 g/mol. The third-order valence-electron chi connectivity index (χ3n) is 3.60. The molecule has 0 aliphatic rings. The molecule has 2 aromatic rings. The number of hydrogen-bond acceptors (Lipinski definition) is 2. The molecule has 1 aromatic carbocycles. The zero-order valence-corrected chi connectivity index (χ0v) is 12.2. The van der Waals surface area contributed by atoms with Gasteiger partial charge in [0.25, 0.3) is 0 Å². The smallest absolute Gasteiger partial charge is 0.0708 e. The Kier molecular flexibility index (Phi) is 4.92. The minimum absolute atomic E-state index is 0.383.